The van der Waals surface area contributed by atoms with Crippen LogP contribution in [0.15, 0.2) is 47.2 Å². The van der Waals surface area contributed by atoms with Crippen molar-refractivity contribution in [2.75, 3.05) is 6.54 Å². The van der Waals surface area contributed by atoms with Crippen molar-refractivity contribution in [3.63, 3.8) is 0 Å². The molecule has 0 saturated carbocycles. The molecule has 0 aliphatic rings. The highest BCUT2D eigenvalue weighted by molar-refractivity contribution is 7.07. The first-order valence-corrected chi connectivity index (χ1v) is 7.78. The van der Waals surface area contributed by atoms with E-state index in [-0.39, 0.29) is 6.54 Å². The highest BCUT2D eigenvalue weighted by Gasteiger charge is 2.25. The molecule has 22 heavy (non-hydrogen) atoms. The summed E-state index contributed by atoms with van der Waals surface area (Å²) in [6.45, 7) is 1.86. The van der Waals surface area contributed by atoms with E-state index in [9.17, 15) is 14.7 Å². The average Bonchev–Trinajstić information content (AvgIpc) is 3.04. The van der Waals surface area contributed by atoms with Gasteiger partial charge in [0.1, 0.15) is 5.60 Å². The van der Waals surface area contributed by atoms with E-state index in [1.807, 2.05) is 22.9 Å². The van der Waals surface area contributed by atoms with Crippen molar-refractivity contribution in [2.24, 2.45) is 0 Å². The van der Waals surface area contributed by atoms with Crippen LogP contribution in [-0.2, 0) is 21.7 Å². The minimum atomic E-state index is -1.23. The molecule has 0 fully saturated rings. The number of rotatable bonds is 5. The van der Waals surface area contributed by atoms with Gasteiger partial charge in [-0.05, 0) is 34.9 Å². The zero-order valence-corrected chi connectivity index (χ0v) is 13.0. The maximum absolute atomic E-state index is 11.7. The molecule has 0 radical (unpaired) electrons. The van der Waals surface area contributed by atoms with Crippen LogP contribution in [0.2, 0.25) is 0 Å². The fourth-order valence-corrected chi connectivity index (χ4v) is 2.56. The Labute approximate surface area is 133 Å². The Morgan fingerprint density at radius 1 is 1.14 bits per heavy atom. The number of benzene rings is 1. The minimum absolute atomic E-state index is 0.0400. The Hall–Kier alpha value is -2.18. The van der Waals surface area contributed by atoms with Crippen LogP contribution in [0.3, 0.4) is 0 Å². The number of hydrogen-bond acceptors (Lipinski definition) is 4. The highest BCUT2D eigenvalue weighted by Crippen LogP contribution is 2.18. The number of amides is 2. The van der Waals surface area contributed by atoms with E-state index >= 15 is 0 Å². The molecule has 1 aromatic carbocycles. The van der Waals surface area contributed by atoms with E-state index in [4.69, 9.17) is 0 Å². The van der Waals surface area contributed by atoms with Crippen LogP contribution in [0.1, 0.15) is 18.1 Å². The second kappa shape index (κ2) is 7.20. The van der Waals surface area contributed by atoms with Gasteiger partial charge in [-0.15, -0.1) is 0 Å². The van der Waals surface area contributed by atoms with E-state index in [2.05, 4.69) is 10.6 Å². The molecule has 5 nitrogen and oxygen atoms in total. The second-order valence-corrected chi connectivity index (χ2v) is 5.92. The Bertz CT molecular complexity index is 624. The standard InChI is InChI=1S/C16H18N2O3S/c1-16(21,13-5-3-2-4-6-13)11-18-15(20)14(19)17-9-12-7-8-22-10-12/h2-8,10,21H,9,11H2,1H3,(H,17,19)(H,18,20). The molecule has 1 atom stereocenters. The van der Waals surface area contributed by atoms with Gasteiger partial charge in [0.2, 0.25) is 0 Å². The molecular weight excluding hydrogens is 300 g/mol. The number of carbonyl (C=O) groups is 2. The van der Waals surface area contributed by atoms with Gasteiger partial charge in [0.25, 0.3) is 0 Å². The molecule has 2 rings (SSSR count). The minimum Gasteiger partial charge on any atom is -0.384 e. The van der Waals surface area contributed by atoms with Gasteiger partial charge >= 0.3 is 11.8 Å². The summed E-state index contributed by atoms with van der Waals surface area (Å²) in [5.41, 5.74) is 0.390. The molecule has 2 aromatic rings. The van der Waals surface area contributed by atoms with Crippen molar-refractivity contribution in [1.82, 2.24) is 10.6 Å². The molecule has 0 aliphatic carbocycles. The zero-order valence-electron chi connectivity index (χ0n) is 12.2. The van der Waals surface area contributed by atoms with Gasteiger partial charge in [0.15, 0.2) is 0 Å². The maximum atomic E-state index is 11.7. The van der Waals surface area contributed by atoms with E-state index in [1.54, 1.807) is 31.2 Å². The van der Waals surface area contributed by atoms with Crippen LogP contribution in [0.5, 0.6) is 0 Å². The predicted molar refractivity (Wildman–Crippen MR) is 85.2 cm³/mol. The summed E-state index contributed by atoms with van der Waals surface area (Å²) in [6.07, 6.45) is 0. The van der Waals surface area contributed by atoms with Gasteiger partial charge in [0.05, 0.1) is 6.54 Å². The lowest BCUT2D eigenvalue weighted by molar-refractivity contribution is -0.139. The normalized spacial score (nSPS) is 13.2. The maximum Gasteiger partial charge on any atom is 0.309 e. The Kier molecular flexibility index (Phi) is 5.30. The van der Waals surface area contributed by atoms with Gasteiger partial charge in [-0.3, -0.25) is 9.59 Å². The summed E-state index contributed by atoms with van der Waals surface area (Å²) in [5, 5.41) is 19.1. The summed E-state index contributed by atoms with van der Waals surface area (Å²) in [7, 11) is 0. The number of hydrogen-bond donors (Lipinski definition) is 3. The summed E-state index contributed by atoms with van der Waals surface area (Å²) in [5.74, 6) is -1.47. The average molecular weight is 318 g/mol. The molecule has 116 valence electrons. The van der Waals surface area contributed by atoms with Gasteiger partial charge in [0, 0.05) is 6.54 Å². The lowest BCUT2D eigenvalue weighted by Gasteiger charge is -2.24. The number of thiophene rings is 1. The van der Waals surface area contributed by atoms with Crippen LogP contribution in [0.25, 0.3) is 0 Å². The molecule has 6 heteroatoms. The monoisotopic (exact) mass is 318 g/mol. The number of aliphatic hydroxyl groups is 1. The fraction of sp³-hybridized carbons (Fsp3) is 0.250. The van der Waals surface area contributed by atoms with Gasteiger partial charge in [-0.1, -0.05) is 30.3 Å². The number of nitrogens with one attached hydrogen (secondary N) is 2. The molecule has 0 saturated heterocycles. The van der Waals surface area contributed by atoms with Crippen LogP contribution < -0.4 is 10.6 Å². The predicted octanol–water partition coefficient (Wildman–Crippen LogP) is 1.39. The molecular formula is C16H18N2O3S. The molecule has 2 amide bonds. The molecule has 0 spiro atoms. The molecule has 0 aliphatic heterocycles. The van der Waals surface area contributed by atoms with Crippen molar-refractivity contribution < 1.29 is 14.7 Å². The van der Waals surface area contributed by atoms with Gasteiger partial charge < -0.3 is 15.7 Å². The van der Waals surface area contributed by atoms with E-state index < -0.39 is 17.4 Å². The van der Waals surface area contributed by atoms with Crippen LogP contribution >= 0.6 is 11.3 Å². The van der Waals surface area contributed by atoms with Gasteiger partial charge in [-0.25, -0.2) is 0 Å². The summed E-state index contributed by atoms with van der Waals surface area (Å²) >= 11 is 1.53. The van der Waals surface area contributed by atoms with Crippen molar-refractivity contribution >= 4 is 23.2 Å². The third-order valence-electron chi connectivity index (χ3n) is 3.23. The topological polar surface area (TPSA) is 78.4 Å². The van der Waals surface area contributed by atoms with Gasteiger partial charge in [-0.2, -0.15) is 11.3 Å². The third kappa shape index (κ3) is 4.41. The first-order valence-electron chi connectivity index (χ1n) is 6.84. The van der Waals surface area contributed by atoms with Crippen molar-refractivity contribution in [1.29, 1.82) is 0 Å². The first kappa shape index (κ1) is 16.2. The molecule has 1 heterocycles. The van der Waals surface area contributed by atoms with Crippen molar-refractivity contribution in [3.8, 4) is 0 Å². The van der Waals surface area contributed by atoms with Crippen LogP contribution in [-0.4, -0.2) is 23.5 Å². The fourth-order valence-electron chi connectivity index (χ4n) is 1.89. The lowest BCUT2D eigenvalue weighted by Crippen LogP contribution is -2.45. The summed E-state index contributed by atoms with van der Waals surface area (Å²) < 4.78 is 0. The second-order valence-electron chi connectivity index (χ2n) is 5.14. The zero-order chi connectivity index (χ0) is 16.0. The van der Waals surface area contributed by atoms with E-state index in [0.29, 0.717) is 12.1 Å². The Morgan fingerprint density at radius 3 is 2.45 bits per heavy atom. The van der Waals surface area contributed by atoms with Crippen molar-refractivity contribution in [3.05, 3.63) is 58.3 Å². The molecule has 1 aromatic heterocycles. The third-order valence-corrected chi connectivity index (χ3v) is 3.96. The number of carbonyl (C=O) groups excluding carboxylic acids is 2. The largest absolute Gasteiger partial charge is 0.384 e. The summed E-state index contributed by atoms with van der Waals surface area (Å²) in [4.78, 5) is 23.4. The molecule has 3 N–H and O–H groups in total. The SMILES string of the molecule is CC(O)(CNC(=O)C(=O)NCc1ccsc1)c1ccccc1. The van der Waals surface area contributed by atoms with E-state index in [1.165, 1.54) is 11.3 Å². The quantitative estimate of drug-likeness (QED) is 0.729. The Morgan fingerprint density at radius 2 is 1.82 bits per heavy atom. The van der Waals surface area contributed by atoms with Crippen LogP contribution in [0.4, 0.5) is 0 Å². The first-order chi connectivity index (χ1) is 10.5. The Balaban J connectivity index is 1.82. The summed E-state index contributed by atoms with van der Waals surface area (Å²) in [6, 6.07) is 10.9. The van der Waals surface area contributed by atoms with Crippen molar-refractivity contribution in [2.45, 2.75) is 19.1 Å². The molecule has 1 unspecified atom stereocenters. The van der Waals surface area contributed by atoms with E-state index in [0.717, 1.165) is 5.56 Å². The van der Waals surface area contributed by atoms with Crippen LogP contribution in [0, 0.1) is 0 Å². The lowest BCUT2D eigenvalue weighted by atomic mass is 9.96. The highest BCUT2D eigenvalue weighted by atomic mass is 32.1. The molecule has 0 bridgehead atoms. The smallest absolute Gasteiger partial charge is 0.309 e.